The van der Waals surface area contributed by atoms with Crippen molar-refractivity contribution in [3.63, 3.8) is 0 Å². The molecule has 0 fully saturated rings. The van der Waals surface area contributed by atoms with Gasteiger partial charge < -0.3 is 10.2 Å². The van der Waals surface area contributed by atoms with Gasteiger partial charge in [0, 0.05) is 14.8 Å². The molecule has 0 amide bonds. The number of rotatable bonds is 2. The van der Waals surface area contributed by atoms with E-state index in [1.807, 2.05) is 29.5 Å². The number of carboxylic acids is 1. The average Bonchev–Trinajstić information content (AvgIpc) is 2.24. The van der Waals surface area contributed by atoms with Gasteiger partial charge in [-0.1, -0.05) is 20.8 Å². The molecule has 1 unspecified atom stereocenters. The van der Waals surface area contributed by atoms with Crippen LogP contribution in [0.15, 0.2) is 0 Å². The highest BCUT2D eigenvalue weighted by molar-refractivity contribution is 14.1. The third-order valence-corrected chi connectivity index (χ3v) is 4.72. The molecule has 2 rings (SSSR count). The number of aromatic nitrogens is 1. The smallest absolute Gasteiger partial charge is 0.338 e. The Hall–Kier alpha value is -0.690. The number of carbonyl (C=O) groups is 1. The highest BCUT2D eigenvalue weighted by atomic mass is 127. The Balaban J connectivity index is 2.68. The van der Waals surface area contributed by atoms with E-state index in [2.05, 4.69) is 18.8 Å². The zero-order valence-electron chi connectivity index (χ0n) is 11.3. The number of nitrogens with zero attached hydrogens (tertiary/aromatic N) is 1. The van der Waals surface area contributed by atoms with Gasteiger partial charge in [-0.05, 0) is 47.3 Å². The van der Waals surface area contributed by atoms with Crippen molar-refractivity contribution in [2.75, 3.05) is 0 Å². The lowest BCUT2D eigenvalue weighted by molar-refractivity contribution is 0.0691. The average molecular weight is 375 g/mol. The van der Waals surface area contributed by atoms with E-state index in [0.29, 0.717) is 22.1 Å². The Morgan fingerprint density at radius 3 is 2.68 bits per heavy atom. The number of aliphatic hydroxyl groups is 1. The SMILES string of the molecule is CCc1nc2c(c(I)c1C(=O)O)C(O)CC(C)(C)C2. The highest BCUT2D eigenvalue weighted by Gasteiger charge is 2.35. The highest BCUT2D eigenvalue weighted by Crippen LogP contribution is 2.42. The fraction of sp³-hybridized carbons (Fsp3) is 0.571. The molecular weight excluding hydrogens is 357 g/mol. The van der Waals surface area contributed by atoms with Gasteiger partial charge >= 0.3 is 5.97 Å². The summed E-state index contributed by atoms with van der Waals surface area (Å²) in [5.74, 6) is -0.964. The number of pyridine rings is 1. The maximum Gasteiger partial charge on any atom is 0.338 e. The Morgan fingerprint density at radius 2 is 2.16 bits per heavy atom. The van der Waals surface area contributed by atoms with Crippen LogP contribution in [0.4, 0.5) is 0 Å². The minimum absolute atomic E-state index is 0.00174. The van der Waals surface area contributed by atoms with Gasteiger partial charge in [-0.15, -0.1) is 0 Å². The first-order valence-corrected chi connectivity index (χ1v) is 7.47. The van der Waals surface area contributed by atoms with Gasteiger partial charge in [0.05, 0.1) is 17.4 Å². The molecule has 19 heavy (non-hydrogen) atoms. The minimum Gasteiger partial charge on any atom is -0.478 e. The number of aromatic carboxylic acids is 1. The van der Waals surface area contributed by atoms with Crippen molar-refractivity contribution < 1.29 is 15.0 Å². The first-order chi connectivity index (χ1) is 8.76. The molecule has 1 aliphatic carbocycles. The molecule has 1 atom stereocenters. The Morgan fingerprint density at radius 1 is 1.53 bits per heavy atom. The summed E-state index contributed by atoms with van der Waals surface area (Å²) in [5.41, 5.74) is 2.43. The van der Waals surface area contributed by atoms with Crippen LogP contribution in [-0.2, 0) is 12.8 Å². The molecule has 0 aliphatic heterocycles. The van der Waals surface area contributed by atoms with Crippen LogP contribution in [0.3, 0.4) is 0 Å². The number of hydrogen-bond acceptors (Lipinski definition) is 3. The summed E-state index contributed by atoms with van der Waals surface area (Å²) in [6.45, 7) is 6.11. The van der Waals surface area contributed by atoms with Crippen molar-refractivity contribution in [2.45, 2.75) is 46.1 Å². The van der Waals surface area contributed by atoms with E-state index in [4.69, 9.17) is 0 Å². The molecule has 0 saturated heterocycles. The number of carboxylic acid groups (broad SMARTS) is 1. The molecule has 0 spiro atoms. The second-order valence-electron chi connectivity index (χ2n) is 5.83. The predicted octanol–water partition coefficient (Wildman–Crippen LogP) is 2.95. The predicted molar refractivity (Wildman–Crippen MR) is 80.4 cm³/mol. The summed E-state index contributed by atoms with van der Waals surface area (Å²) in [7, 11) is 0. The normalized spacial score (nSPS) is 21.0. The molecule has 0 aromatic carbocycles. The van der Waals surface area contributed by atoms with Gasteiger partial charge in [-0.2, -0.15) is 0 Å². The van der Waals surface area contributed by atoms with Crippen molar-refractivity contribution in [3.8, 4) is 0 Å². The maximum absolute atomic E-state index is 11.4. The maximum atomic E-state index is 11.4. The van der Waals surface area contributed by atoms with E-state index in [9.17, 15) is 15.0 Å². The number of fused-ring (bicyclic) bond motifs is 1. The van der Waals surface area contributed by atoms with Crippen molar-refractivity contribution in [3.05, 3.63) is 26.1 Å². The second-order valence-corrected chi connectivity index (χ2v) is 6.91. The van der Waals surface area contributed by atoms with Crippen molar-refractivity contribution >= 4 is 28.6 Å². The fourth-order valence-electron chi connectivity index (χ4n) is 2.76. The van der Waals surface area contributed by atoms with Gasteiger partial charge in [0.15, 0.2) is 0 Å². The number of aryl methyl sites for hydroxylation is 1. The van der Waals surface area contributed by atoms with Gasteiger partial charge in [0.2, 0.25) is 0 Å². The van der Waals surface area contributed by atoms with Crippen LogP contribution in [0.2, 0.25) is 0 Å². The van der Waals surface area contributed by atoms with Crippen LogP contribution in [0.1, 0.15) is 60.6 Å². The van der Waals surface area contributed by atoms with E-state index >= 15 is 0 Å². The summed E-state index contributed by atoms with van der Waals surface area (Å²) >= 11 is 2.03. The van der Waals surface area contributed by atoms with Gasteiger partial charge in [0.25, 0.3) is 0 Å². The number of hydrogen-bond donors (Lipinski definition) is 2. The standard InChI is InChI=1S/C14H18INO3/c1-4-7-11(13(18)19)12(15)10-8(16-7)5-14(2,3)6-9(10)17/h9,17H,4-6H2,1-3H3,(H,18,19). The van der Waals surface area contributed by atoms with Crippen LogP contribution in [0, 0.1) is 8.99 Å². The van der Waals surface area contributed by atoms with Gasteiger partial charge in [-0.3, -0.25) is 4.98 Å². The summed E-state index contributed by atoms with van der Waals surface area (Å²) in [6, 6.07) is 0. The van der Waals surface area contributed by atoms with Crippen molar-refractivity contribution in [1.82, 2.24) is 4.98 Å². The first-order valence-electron chi connectivity index (χ1n) is 6.39. The molecule has 1 aromatic heterocycles. The Bertz CT molecular complexity index is 540. The topological polar surface area (TPSA) is 70.4 Å². The lowest BCUT2D eigenvalue weighted by Gasteiger charge is -2.35. The van der Waals surface area contributed by atoms with E-state index in [1.165, 1.54) is 0 Å². The molecule has 0 saturated carbocycles. The number of aliphatic hydroxyl groups excluding tert-OH is 1. The molecule has 4 nitrogen and oxygen atoms in total. The molecule has 104 valence electrons. The Labute approximate surface area is 126 Å². The monoisotopic (exact) mass is 375 g/mol. The first kappa shape index (κ1) is 14.7. The molecule has 1 aliphatic rings. The third-order valence-electron chi connectivity index (χ3n) is 3.60. The molecular formula is C14H18INO3. The van der Waals surface area contributed by atoms with Crippen LogP contribution in [0.5, 0.6) is 0 Å². The van der Waals surface area contributed by atoms with E-state index < -0.39 is 12.1 Å². The van der Waals surface area contributed by atoms with Crippen LogP contribution in [0.25, 0.3) is 0 Å². The summed E-state index contributed by atoms with van der Waals surface area (Å²) in [6.07, 6.45) is 1.38. The van der Waals surface area contributed by atoms with Crippen LogP contribution in [-0.4, -0.2) is 21.2 Å². The molecule has 2 N–H and O–H groups in total. The third kappa shape index (κ3) is 2.63. The van der Waals surface area contributed by atoms with Crippen LogP contribution >= 0.6 is 22.6 Å². The lowest BCUT2D eigenvalue weighted by Crippen LogP contribution is -2.29. The largest absolute Gasteiger partial charge is 0.478 e. The summed E-state index contributed by atoms with van der Waals surface area (Å²) < 4.78 is 0.648. The van der Waals surface area contributed by atoms with E-state index in [0.717, 1.165) is 17.7 Å². The summed E-state index contributed by atoms with van der Waals surface area (Å²) in [4.78, 5) is 15.9. The molecule has 0 bridgehead atoms. The van der Waals surface area contributed by atoms with Gasteiger partial charge in [0.1, 0.15) is 0 Å². The fourth-order valence-corrected chi connectivity index (χ4v) is 3.98. The van der Waals surface area contributed by atoms with Crippen LogP contribution < -0.4 is 0 Å². The number of halogens is 1. The quantitative estimate of drug-likeness (QED) is 0.780. The second kappa shape index (κ2) is 5.01. The van der Waals surface area contributed by atoms with E-state index in [1.54, 1.807) is 0 Å². The van der Waals surface area contributed by atoms with Crippen molar-refractivity contribution in [1.29, 1.82) is 0 Å². The molecule has 1 heterocycles. The molecule has 1 aromatic rings. The minimum atomic E-state index is -0.964. The zero-order valence-corrected chi connectivity index (χ0v) is 13.5. The van der Waals surface area contributed by atoms with Crippen molar-refractivity contribution in [2.24, 2.45) is 5.41 Å². The molecule has 0 radical (unpaired) electrons. The summed E-state index contributed by atoms with van der Waals surface area (Å²) in [5, 5.41) is 19.7. The zero-order chi connectivity index (χ0) is 14.4. The Kier molecular flexibility index (Phi) is 3.88. The van der Waals surface area contributed by atoms with Gasteiger partial charge in [-0.25, -0.2) is 4.79 Å². The lowest BCUT2D eigenvalue weighted by atomic mass is 9.74. The van der Waals surface area contributed by atoms with E-state index in [-0.39, 0.29) is 11.0 Å². The molecule has 5 heteroatoms.